The van der Waals surface area contributed by atoms with Gasteiger partial charge in [0.15, 0.2) is 5.76 Å². The van der Waals surface area contributed by atoms with Gasteiger partial charge in [-0.15, -0.1) is 0 Å². The number of amides is 1. The van der Waals surface area contributed by atoms with Gasteiger partial charge in [-0.25, -0.2) is 4.98 Å². The molecule has 8 heteroatoms. The van der Waals surface area contributed by atoms with Crippen molar-refractivity contribution in [2.24, 2.45) is 0 Å². The van der Waals surface area contributed by atoms with Gasteiger partial charge in [-0.1, -0.05) is 6.07 Å². The van der Waals surface area contributed by atoms with Crippen LogP contribution in [0.2, 0.25) is 0 Å². The molecule has 0 aliphatic rings. The van der Waals surface area contributed by atoms with E-state index in [1.165, 1.54) is 18.2 Å². The Bertz CT molecular complexity index is 1170. The first-order valence-corrected chi connectivity index (χ1v) is 8.36. The van der Waals surface area contributed by atoms with E-state index in [2.05, 4.69) is 10.3 Å². The number of furan rings is 1. The van der Waals surface area contributed by atoms with E-state index in [0.717, 1.165) is 0 Å². The zero-order valence-corrected chi connectivity index (χ0v) is 14.5. The lowest BCUT2D eigenvalue weighted by atomic mass is 10.2. The number of rotatable bonds is 5. The van der Waals surface area contributed by atoms with Crippen LogP contribution in [0.4, 0.5) is 11.5 Å². The van der Waals surface area contributed by atoms with E-state index in [0.29, 0.717) is 28.5 Å². The van der Waals surface area contributed by atoms with Crippen molar-refractivity contribution in [2.75, 3.05) is 5.32 Å². The molecule has 1 aromatic carbocycles. The summed E-state index contributed by atoms with van der Waals surface area (Å²) in [5.74, 6) is 0.666. The highest BCUT2D eigenvalue weighted by molar-refractivity contribution is 6.03. The monoisotopic (exact) mass is 374 g/mol. The van der Waals surface area contributed by atoms with Crippen LogP contribution in [0, 0.1) is 10.1 Å². The Balaban J connectivity index is 1.60. The van der Waals surface area contributed by atoms with E-state index < -0.39 is 4.92 Å². The maximum Gasteiger partial charge on any atom is 0.269 e. The second-order valence-electron chi connectivity index (χ2n) is 5.89. The number of imidazole rings is 1. The van der Waals surface area contributed by atoms with Crippen LogP contribution < -0.4 is 5.32 Å². The van der Waals surface area contributed by atoms with Crippen LogP contribution in [0.3, 0.4) is 0 Å². The second kappa shape index (κ2) is 7.20. The molecule has 0 unspecified atom stereocenters. The van der Waals surface area contributed by atoms with Crippen molar-refractivity contribution >= 4 is 29.1 Å². The largest absolute Gasteiger partial charge is 0.463 e. The van der Waals surface area contributed by atoms with Gasteiger partial charge in [0.2, 0.25) is 5.91 Å². The van der Waals surface area contributed by atoms with Gasteiger partial charge in [-0.2, -0.15) is 0 Å². The van der Waals surface area contributed by atoms with Gasteiger partial charge in [0.25, 0.3) is 5.69 Å². The molecule has 1 N–H and O–H groups in total. The van der Waals surface area contributed by atoms with Gasteiger partial charge in [-0.05, 0) is 48.0 Å². The highest BCUT2D eigenvalue weighted by Crippen LogP contribution is 2.29. The Kier molecular flexibility index (Phi) is 4.43. The topological polar surface area (TPSA) is 103 Å². The van der Waals surface area contributed by atoms with Crippen LogP contribution in [-0.4, -0.2) is 20.2 Å². The van der Waals surface area contributed by atoms with Gasteiger partial charge >= 0.3 is 0 Å². The van der Waals surface area contributed by atoms with E-state index >= 15 is 0 Å². The predicted octanol–water partition coefficient (Wildman–Crippen LogP) is 4.15. The first-order valence-electron chi connectivity index (χ1n) is 8.36. The van der Waals surface area contributed by atoms with Crippen LogP contribution in [0.1, 0.15) is 5.56 Å². The number of anilines is 1. The van der Waals surface area contributed by atoms with Crippen molar-refractivity contribution in [3.63, 3.8) is 0 Å². The minimum absolute atomic E-state index is 0.00424. The normalized spacial score (nSPS) is 11.1. The molecule has 4 rings (SSSR count). The summed E-state index contributed by atoms with van der Waals surface area (Å²) in [6.45, 7) is 0. The summed E-state index contributed by atoms with van der Waals surface area (Å²) in [5, 5.41) is 13.5. The lowest BCUT2D eigenvalue weighted by Gasteiger charge is -2.04. The highest BCUT2D eigenvalue weighted by Gasteiger charge is 2.17. The van der Waals surface area contributed by atoms with E-state index in [1.54, 1.807) is 47.2 Å². The number of carbonyl (C=O) groups excluding carboxylic acids is 1. The van der Waals surface area contributed by atoms with Crippen LogP contribution in [0.15, 0.2) is 77.6 Å². The van der Waals surface area contributed by atoms with Gasteiger partial charge in [0.1, 0.15) is 17.2 Å². The molecular formula is C20H14N4O4. The standard InChI is InChI=1S/C20H14N4O4/c25-18(11-8-14-6-9-15(10-7-14)24(26)27)22-20-19(16-4-3-13-28-16)21-17-5-1-2-12-23(17)20/h1-13H,(H,22,25)/b11-8+. The van der Waals surface area contributed by atoms with Gasteiger partial charge in [-0.3, -0.25) is 19.3 Å². The number of nitrogens with zero attached hydrogens (tertiary/aromatic N) is 3. The number of nitrogens with one attached hydrogen (secondary N) is 1. The van der Waals surface area contributed by atoms with Crippen LogP contribution >= 0.6 is 0 Å². The molecule has 3 heterocycles. The molecule has 28 heavy (non-hydrogen) atoms. The van der Waals surface area contributed by atoms with Crippen molar-refractivity contribution in [3.05, 3.63) is 88.8 Å². The Hall–Kier alpha value is -4.20. The number of carbonyl (C=O) groups is 1. The first-order chi connectivity index (χ1) is 13.6. The van der Waals surface area contributed by atoms with Crippen molar-refractivity contribution < 1.29 is 14.1 Å². The zero-order valence-electron chi connectivity index (χ0n) is 14.5. The number of fused-ring (bicyclic) bond motifs is 1. The molecule has 0 spiro atoms. The van der Waals surface area contributed by atoms with Gasteiger partial charge in [0.05, 0.1) is 11.2 Å². The number of nitro groups is 1. The molecule has 4 aromatic rings. The molecule has 1 amide bonds. The smallest absolute Gasteiger partial charge is 0.269 e. The SMILES string of the molecule is O=C(/C=C/c1ccc([N+](=O)[O-])cc1)Nc1c(-c2ccco2)nc2ccccn12. The highest BCUT2D eigenvalue weighted by atomic mass is 16.6. The summed E-state index contributed by atoms with van der Waals surface area (Å²) in [4.78, 5) is 27.2. The number of aromatic nitrogens is 2. The molecule has 0 fully saturated rings. The molecule has 0 aliphatic carbocycles. The Labute approximate surface area is 158 Å². The summed E-state index contributed by atoms with van der Waals surface area (Å²) >= 11 is 0. The maximum atomic E-state index is 12.4. The summed E-state index contributed by atoms with van der Waals surface area (Å²) in [7, 11) is 0. The number of hydrogen-bond acceptors (Lipinski definition) is 5. The van der Waals surface area contributed by atoms with Gasteiger partial charge < -0.3 is 9.73 Å². The number of nitro benzene ring substituents is 1. The number of benzene rings is 1. The average Bonchev–Trinajstić information content (AvgIpc) is 3.35. The van der Waals surface area contributed by atoms with E-state index in [4.69, 9.17) is 4.42 Å². The van der Waals surface area contributed by atoms with E-state index in [1.807, 2.05) is 18.2 Å². The Morgan fingerprint density at radius 1 is 1.14 bits per heavy atom. The van der Waals surface area contributed by atoms with Crippen molar-refractivity contribution in [2.45, 2.75) is 0 Å². The molecule has 0 saturated heterocycles. The molecule has 3 aromatic heterocycles. The maximum absolute atomic E-state index is 12.4. The van der Waals surface area contributed by atoms with Crippen LogP contribution in [0.25, 0.3) is 23.2 Å². The molecule has 0 aliphatic heterocycles. The Morgan fingerprint density at radius 2 is 1.96 bits per heavy atom. The lowest BCUT2D eigenvalue weighted by molar-refractivity contribution is -0.384. The molecule has 0 bridgehead atoms. The van der Waals surface area contributed by atoms with Crippen LogP contribution in [-0.2, 0) is 4.79 Å². The number of non-ortho nitro benzene ring substituents is 1. The summed E-state index contributed by atoms with van der Waals surface area (Å²) in [6.07, 6.45) is 6.27. The second-order valence-corrected chi connectivity index (χ2v) is 5.89. The van der Waals surface area contributed by atoms with Crippen molar-refractivity contribution in [1.82, 2.24) is 9.38 Å². The van der Waals surface area contributed by atoms with Crippen LogP contribution in [0.5, 0.6) is 0 Å². The molecule has 0 saturated carbocycles. The predicted molar refractivity (Wildman–Crippen MR) is 104 cm³/mol. The third-order valence-electron chi connectivity index (χ3n) is 4.06. The summed E-state index contributed by atoms with van der Waals surface area (Å²) in [6, 6.07) is 15.0. The van der Waals surface area contributed by atoms with Gasteiger partial charge in [0, 0.05) is 24.4 Å². The molecule has 8 nitrogen and oxygen atoms in total. The number of hydrogen-bond donors (Lipinski definition) is 1. The number of pyridine rings is 1. The van der Waals surface area contributed by atoms with Crippen molar-refractivity contribution in [1.29, 1.82) is 0 Å². The van der Waals surface area contributed by atoms with Crippen molar-refractivity contribution in [3.8, 4) is 11.5 Å². The first kappa shape index (κ1) is 17.2. The molecular weight excluding hydrogens is 360 g/mol. The minimum atomic E-state index is -0.471. The molecule has 138 valence electrons. The van der Waals surface area contributed by atoms with E-state index in [9.17, 15) is 14.9 Å². The molecule has 0 atom stereocenters. The fourth-order valence-electron chi connectivity index (χ4n) is 2.74. The minimum Gasteiger partial charge on any atom is -0.463 e. The quantitative estimate of drug-likeness (QED) is 0.321. The fraction of sp³-hybridized carbons (Fsp3) is 0. The molecule has 0 radical (unpaired) electrons. The lowest BCUT2D eigenvalue weighted by Crippen LogP contribution is -2.10. The summed E-state index contributed by atoms with van der Waals surface area (Å²) < 4.78 is 7.19. The van der Waals surface area contributed by atoms with E-state index in [-0.39, 0.29) is 11.6 Å². The average molecular weight is 374 g/mol. The zero-order chi connectivity index (χ0) is 19.5. The Morgan fingerprint density at radius 3 is 2.68 bits per heavy atom. The fourth-order valence-corrected chi connectivity index (χ4v) is 2.74. The third-order valence-corrected chi connectivity index (χ3v) is 4.06. The summed E-state index contributed by atoms with van der Waals surface area (Å²) in [5.41, 5.74) is 1.86. The third kappa shape index (κ3) is 3.38.